The number of aryl methyl sites for hydroxylation is 1. The highest BCUT2D eigenvalue weighted by Crippen LogP contribution is 2.23. The fourth-order valence-electron chi connectivity index (χ4n) is 1.75. The highest BCUT2D eigenvalue weighted by atomic mass is 35.5. The summed E-state index contributed by atoms with van der Waals surface area (Å²) in [6.45, 7) is 2.34. The van der Waals surface area contributed by atoms with E-state index in [2.05, 4.69) is 6.92 Å². The fraction of sp³-hybridized carbons (Fsp3) is 0.200. The van der Waals surface area contributed by atoms with Crippen LogP contribution in [0.4, 0.5) is 4.39 Å². The summed E-state index contributed by atoms with van der Waals surface area (Å²) in [5, 5.41) is 0.131. The molecule has 1 nitrogen and oxygen atoms in total. The van der Waals surface area contributed by atoms with Crippen LogP contribution in [0, 0.1) is 5.82 Å². The van der Waals surface area contributed by atoms with E-state index in [-0.39, 0.29) is 11.6 Å². The van der Waals surface area contributed by atoms with Crippen LogP contribution in [0.15, 0.2) is 42.5 Å². The van der Waals surface area contributed by atoms with Crippen molar-refractivity contribution in [2.75, 3.05) is 0 Å². The minimum atomic E-state index is -0.415. The second kappa shape index (κ2) is 5.87. The summed E-state index contributed by atoms with van der Waals surface area (Å²) in [5.41, 5.74) is 1.78. The van der Waals surface area contributed by atoms with Crippen LogP contribution in [0.2, 0.25) is 5.02 Å². The normalized spacial score (nSPS) is 10.4. The van der Waals surface area contributed by atoms with E-state index in [0.29, 0.717) is 5.56 Å². The summed E-state index contributed by atoms with van der Waals surface area (Å²) in [7, 11) is 0. The summed E-state index contributed by atoms with van der Waals surface area (Å²) >= 11 is 5.88. The fourth-order valence-corrected chi connectivity index (χ4v) is 1.93. The van der Waals surface area contributed by atoms with Gasteiger partial charge in [-0.25, -0.2) is 4.39 Å². The summed E-state index contributed by atoms with van der Waals surface area (Å²) in [6.07, 6.45) is 0.896. The molecule has 94 valence electrons. The number of halogens is 2. The Morgan fingerprint density at radius 1 is 1.06 bits per heavy atom. The average molecular weight is 265 g/mol. The Morgan fingerprint density at radius 3 is 2.56 bits per heavy atom. The first-order valence-electron chi connectivity index (χ1n) is 5.86. The molecule has 0 amide bonds. The second-order valence-corrected chi connectivity index (χ2v) is 4.34. The second-order valence-electron chi connectivity index (χ2n) is 3.96. The van der Waals surface area contributed by atoms with Gasteiger partial charge in [0.25, 0.3) is 0 Å². The SMILES string of the molecule is CCc1ccccc1OCc1cccc(F)c1Cl. The summed E-state index contributed by atoms with van der Waals surface area (Å²) in [4.78, 5) is 0. The lowest BCUT2D eigenvalue weighted by Crippen LogP contribution is -1.99. The monoisotopic (exact) mass is 264 g/mol. The molecule has 0 heterocycles. The quantitative estimate of drug-likeness (QED) is 0.783. The van der Waals surface area contributed by atoms with Crippen LogP contribution in [0.5, 0.6) is 5.75 Å². The van der Waals surface area contributed by atoms with E-state index >= 15 is 0 Å². The van der Waals surface area contributed by atoms with Crippen LogP contribution in [0.1, 0.15) is 18.1 Å². The molecule has 0 unspecified atom stereocenters. The Balaban J connectivity index is 2.14. The van der Waals surface area contributed by atoms with Crippen molar-refractivity contribution in [1.29, 1.82) is 0 Å². The first kappa shape index (κ1) is 12.9. The van der Waals surface area contributed by atoms with Gasteiger partial charge in [0, 0.05) is 5.56 Å². The van der Waals surface area contributed by atoms with Gasteiger partial charge in [-0.2, -0.15) is 0 Å². The summed E-state index contributed by atoms with van der Waals surface area (Å²) in [6, 6.07) is 12.6. The molecule has 0 bridgehead atoms. The molecule has 2 rings (SSSR count). The van der Waals surface area contributed by atoms with Crippen molar-refractivity contribution >= 4 is 11.6 Å². The van der Waals surface area contributed by atoms with E-state index in [1.54, 1.807) is 12.1 Å². The van der Waals surface area contributed by atoms with Gasteiger partial charge >= 0.3 is 0 Å². The van der Waals surface area contributed by atoms with E-state index in [1.165, 1.54) is 6.07 Å². The first-order chi connectivity index (χ1) is 8.72. The van der Waals surface area contributed by atoms with Gasteiger partial charge in [0.15, 0.2) is 0 Å². The van der Waals surface area contributed by atoms with Crippen molar-refractivity contribution in [1.82, 2.24) is 0 Å². The summed E-state index contributed by atoms with van der Waals surface area (Å²) < 4.78 is 19.0. The number of benzene rings is 2. The molecule has 0 aliphatic carbocycles. The largest absolute Gasteiger partial charge is 0.489 e. The zero-order chi connectivity index (χ0) is 13.0. The molecule has 0 N–H and O–H groups in total. The van der Waals surface area contributed by atoms with Crippen LogP contribution in [0.3, 0.4) is 0 Å². The van der Waals surface area contributed by atoms with Crippen LogP contribution in [-0.4, -0.2) is 0 Å². The minimum Gasteiger partial charge on any atom is -0.489 e. The molecule has 0 fully saturated rings. The maximum Gasteiger partial charge on any atom is 0.142 e. The third-order valence-electron chi connectivity index (χ3n) is 2.77. The van der Waals surface area contributed by atoms with Crippen LogP contribution in [-0.2, 0) is 13.0 Å². The van der Waals surface area contributed by atoms with Crippen molar-refractivity contribution in [2.24, 2.45) is 0 Å². The van der Waals surface area contributed by atoms with Gasteiger partial charge < -0.3 is 4.74 Å². The van der Waals surface area contributed by atoms with Gasteiger partial charge in [0.1, 0.15) is 18.2 Å². The van der Waals surface area contributed by atoms with Crippen molar-refractivity contribution < 1.29 is 9.13 Å². The maximum absolute atomic E-state index is 13.3. The topological polar surface area (TPSA) is 9.23 Å². The highest BCUT2D eigenvalue weighted by molar-refractivity contribution is 6.31. The molecule has 0 aromatic heterocycles. The zero-order valence-corrected chi connectivity index (χ0v) is 10.9. The number of rotatable bonds is 4. The number of hydrogen-bond acceptors (Lipinski definition) is 1. The number of ether oxygens (including phenoxy) is 1. The van der Waals surface area contributed by atoms with Crippen molar-refractivity contribution in [3.63, 3.8) is 0 Å². The molecular weight excluding hydrogens is 251 g/mol. The molecule has 18 heavy (non-hydrogen) atoms. The molecule has 0 spiro atoms. The van der Waals surface area contributed by atoms with Gasteiger partial charge in [-0.3, -0.25) is 0 Å². The van der Waals surface area contributed by atoms with E-state index in [4.69, 9.17) is 16.3 Å². The third-order valence-corrected chi connectivity index (χ3v) is 3.19. The zero-order valence-electron chi connectivity index (χ0n) is 10.1. The van der Waals surface area contributed by atoms with Gasteiger partial charge in [-0.1, -0.05) is 48.9 Å². The van der Waals surface area contributed by atoms with Crippen molar-refractivity contribution in [3.8, 4) is 5.75 Å². The minimum absolute atomic E-state index is 0.131. The van der Waals surface area contributed by atoms with E-state index < -0.39 is 5.82 Å². The molecule has 0 saturated heterocycles. The molecule has 0 aliphatic rings. The lowest BCUT2D eigenvalue weighted by molar-refractivity contribution is 0.302. The van der Waals surface area contributed by atoms with E-state index in [1.807, 2.05) is 24.3 Å². The molecule has 0 aliphatic heterocycles. The number of para-hydroxylation sites is 1. The van der Waals surface area contributed by atoms with E-state index in [0.717, 1.165) is 17.7 Å². The summed E-state index contributed by atoms with van der Waals surface area (Å²) in [5.74, 6) is 0.405. The van der Waals surface area contributed by atoms with Crippen molar-refractivity contribution in [3.05, 3.63) is 64.4 Å². The van der Waals surface area contributed by atoms with Crippen molar-refractivity contribution in [2.45, 2.75) is 20.0 Å². The third kappa shape index (κ3) is 2.82. The molecule has 3 heteroatoms. The Labute approximate surface area is 111 Å². The predicted molar refractivity (Wildman–Crippen MR) is 71.6 cm³/mol. The maximum atomic E-state index is 13.3. The Kier molecular flexibility index (Phi) is 4.21. The molecular formula is C15H14ClFO. The molecule has 0 atom stereocenters. The van der Waals surface area contributed by atoms with Gasteiger partial charge in [0.2, 0.25) is 0 Å². The van der Waals surface area contributed by atoms with Crippen LogP contribution < -0.4 is 4.74 Å². The molecule has 0 saturated carbocycles. The lowest BCUT2D eigenvalue weighted by Gasteiger charge is -2.11. The standard InChI is InChI=1S/C15H14ClFO/c1-2-11-6-3-4-9-14(11)18-10-12-7-5-8-13(17)15(12)16/h3-9H,2,10H2,1H3. The first-order valence-corrected chi connectivity index (χ1v) is 6.23. The molecule has 2 aromatic carbocycles. The Bertz CT molecular complexity index is 540. The van der Waals surface area contributed by atoms with E-state index in [9.17, 15) is 4.39 Å². The Morgan fingerprint density at radius 2 is 1.78 bits per heavy atom. The van der Waals surface area contributed by atoms with Gasteiger partial charge in [0.05, 0.1) is 5.02 Å². The van der Waals surface area contributed by atoms with Gasteiger partial charge in [-0.05, 0) is 24.1 Å². The average Bonchev–Trinajstić information content (AvgIpc) is 2.41. The highest BCUT2D eigenvalue weighted by Gasteiger charge is 2.07. The van der Waals surface area contributed by atoms with Crippen LogP contribution >= 0.6 is 11.6 Å². The lowest BCUT2D eigenvalue weighted by atomic mass is 10.1. The van der Waals surface area contributed by atoms with Crippen LogP contribution in [0.25, 0.3) is 0 Å². The number of hydrogen-bond donors (Lipinski definition) is 0. The molecule has 0 radical (unpaired) electrons. The molecule has 2 aromatic rings. The predicted octanol–water partition coefficient (Wildman–Crippen LogP) is 4.62. The smallest absolute Gasteiger partial charge is 0.142 e. The Hall–Kier alpha value is -1.54. The van der Waals surface area contributed by atoms with Gasteiger partial charge in [-0.15, -0.1) is 0 Å².